The number of anilines is 1. The maximum absolute atomic E-state index is 12.4. The maximum atomic E-state index is 12.4. The molecule has 1 N–H and O–H groups in total. The van der Waals surface area contributed by atoms with Crippen LogP contribution in [0.2, 0.25) is 0 Å². The first kappa shape index (κ1) is 14.3. The average Bonchev–Trinajstić information content (AvgIpc) is 2.46. The highest BCUT2D eigenvalue weighted by atomic mass is 16.4. The summed E-state index contributed by atoms with van der Waals surface area (Å²) in [6.07, 6.45) is 5.14. The number of rotatable bonds is 3. The second-order valence-electron chi connectivity index (χ2n) is 5.10. The third kappa shape index (κ3) is 3.46. The molecule has 2 amide bonds. The van der Waals surface area contributed by atoms with Gasteiger partial charge in [-0.2, -0.15) is 0 Å². The second-order valence-corrected chi connectivity index (χ2v) is 5.10. The van der Waals surface area contributed by atoms with Crippen molar-refractivity contribution in [2.75, 3.05) is 25.0 Å². The Kier molecular flexibility index (Phi) is 4.55. The number of aromatic nitrogens is 1. The van der Waals surface area contributed by atoms with Crippen LogP contribution in [-0.2, 0) is 4.79 Å². The fraction of sp³-hybridized carbons (Fsp3) is 0.500. The summed E-state index contributed by atoms with van der Waals surface area (Å²) in [6, 6.07) is 3.50. The fourth-order valence-corrected chi connectivity index (χ4v) is 2.53. The number of aliphatic carboxylic acids is 1. The summed E-state index contributed by atoms with van der Waals surface area (Å²) in [5.41, 5.74) is 0.734. The van der Waals surface area contributed by atoms with Crippen molar-refractivity contribution >= 4 is 17.7 Å². The minimum atomic E-state index is -0.801. The Balaban J connectivity index is 1.99. The number of carboxylic acid groups (broad SMARTS) is 1. The lowest BCUT2D eigenvalue weighted by Crippen LogP contribution is -2.46. The van der Waals surface area contributed by atoms with Crippen molar-refractivity contribution in [3.05, 3.63) is 24.5 Å². The molecule has 0 saturated carbocycles. The Labute approximate surface area is 118 Å². The Hall–Kier alpha value is -2.11. The van der Waals surface area contributed by atoms with Crippen molar-refractivity contribution in [3.8, 4) is 0 Å². The van der Waals surface area contributed by atoms with E-state index in [4.69, 9.17) is 5.11 Å². The van der Waals surface area contributed by atoms with Gasteiger partial charge in [-0.3, -0.25) is 14.7 Å². The smallest absolute Gasteiger partial charge is 0.324 e. The van der Waals surface area contributed by atoms with E-state index in [1.165, 1.54) is 0 Å². The zero-order valence-electron chi connectivity index (χ0n) is 11.5. The minimum absolute atomic E-state index is 0.0486. The van der Waals surface area contributed by atoms with Gasteiger partial charge in [0.25, 0.3) is 0 Å². The van der Waals surface area contributed by atoms with Crippen LogP contribution in [0.1, 0.15) is 19.3 Å². The first-order valence-corrected chi connectivity index (χ1v) is 6.72. The van der Waals surface area contributed by atoms with Gasteiger partial charge in [0.2, 0.25) is 0 Å². The van der Waals surface area contributed by atoms with Crippen LogP contribution in [0.15, 0.2) is 24.5 Å². The molecular weight excluding hydrogens is 258 g/mol. The van der Waals surface area contributed by atoms with E-state index in [2.05, 4.69) is 4.98 Å². The molecule has 0 aliphatic carbocycles. The molecule has 1 unspecified atom stereocenters. The molecule has 6 nitrogen and oxygen atoms in total. The summed E-state index contributed by atoms with van der Waals surface area (Å²) in [5.74, 6) is -0.752. The van der Waals surface area contributed by atoms with Crippen LogP contribution in [0.4, 0.5) is 10.5 Å². The fourth-order valence-electron chi connectivity index (χ4n) is 2.53. The predicted octanol–water partition coefficient (Wildman–Crippen LogP) is 1.82. The minimum Gasteiger partial charge on any atom is -0.481 e. The molecular formula is C14H19N3O3. The molecule has 20 heavy (non-hydrogen) atoms. The SMILES string of the molecule is CN(C(=O)N1CCCC(CC(=O)O)C1)c1cccnc1. The van der Waals surface area contributed by atoms with Gasteiger partial charge in [-0.25, -0.2) is 4.79 Å². The molecule has 1 saturated heterocycles. The van der Waals surface area contributed by atoms with E-state index in [9.17, 15) is 9.59 Å². The summed E-state index contributed by atoms with van der Waals surface area (Å²) >= 11 is 0. The number of urea groups is 1. The third-order valence-corrected chi connectivity index (χ3v) is 3.57. The van der Waals surface area contributed by atoms with E-state index in [1.807, 2.05) is 6.07 Å². The number of piperidine rings is 1. The zero-order chi connectivity index (χ0) is 14.5. The van der Waals surface area contributed by atoms with E-state index in [-0.39, 0.29) is 18.4 Å². The molecule has 6 heteroatoms. The highest BCUT2D eigenvalue weighted by Gasteiger charge is 2.27. The van der Waals surface area contributed by atoms with Gasteiger partial charge in [0, 0.05) is 32.8 Å². The first-order chi connectivity index (χ1) is 9.58. The van der Waals surface area contributed by atoms with Gasteiger partial charge in [0.1, 0.15) is 0 Å². The molecule has 0 radical (unpaired) electrons. The molecule has 0 bridgehead atoms. The van der Waals surface area contributed by atoms with Crippen molar-refractivity contribution in [1.29, 1.82) is 0 Å². The molecule has 0 aromatic carbocycles. The van der Waals surface area contributed by atoms with Crippen molar-refractivity contribution in [2.24, 2.45) is 5.92 Å². The van der Waals surface area contributed by atoms with Gasteiger partial charge < -0.3 is 10.0 Å². The van der Waals surface area contributed by atoms with Gasteiger partial charge in [-0.05, 0) is 30.9 Å². The third-order valence-electron chi connectivity index (χ3n) is 3.57. The van der Waals surface area contributed by atoms with Crippen molar-refractivity contribution < 1.29 is 14.7 Å². The van der Waals surface area contributed by atoms with Gasteiger partial charge >= 0.3 is 12.0 Å². The lowest BCUT2D eigenvalue weighted by Gasteiger charge is -2.34. The normalized spacial score (nSPS) is 18.6. The highest BCUT2D eigenvalue weighted by molar-refractivity contribution is 5.91. The molecule has 2 heterocycles. The lowest BCUT2D eigenvalue weighted by atomic mass is 9.95. The summed E-state index contributed by atoms with van der Waals surface area (Å²) in [6.45, 7) is 1.19. The number of nitrogens with zero attached hydrogens (tertiary/aromatic N) is 3. The number of pyridine rings is 1. The molecule has 1 aromatic rings. The predicted molar refractivity (Wildman–Crippen MR) is 74.6 cm³/mol. The average molecular weight is 277 g/mol. The zero-order valence-corrected chi connectivity index (χ0v) is 11.5. The van der Waals surface area contributed by atoms with Crippen molar-refractivity contribution in [1.82, 2.24) is 9.88 Å². The Morgan fingerprint density at radius 2 is 2.35 bits per heavy atom. The Morgan fingerprint density at radius 3 is 3.00 bits per heavy atom. The monoisotopic (exact) mass is 277 g/mol. The summed E-state index contributed by atoms with van der Waals surface area (Å²) in [4.78, 5) is 30.5. The quantitative estimate of drug-likeness (QED) is 0.914. The number of hydrogen-bond donors (Lipinski definition) is 1. The molecule has 0 spiro atoms. The van der Waals surface area contributed by atoms with E-state index in [0.29, 0.717) is 13.1 Å². The van der Waals surface area contributed by atoms with Crippen molar-refractivity contribution in [2.45, 2.75) is 19.3 Å². The number of amides is 2. The molecule has 2 rings (SSSR count). The lowest BCUT2D eigenvalue weighted by molar-refractivity contribution is -0.138. The van der Waals surface area contributed by atoms with Crippen LogP contribution in [-0.4, -0.2) is 47.1 Å². The summed E-state index contributed by atoms with van der Waals surface area (Å²) in [7, 11) is 1.71. The number of hydrogen-bond acceptors (Lipinski definition) is 3. The molecule has 1 aromatic heterocycles. The number of carbonyl (C=O) groups is 2. The number of carboxylic acids is 1. The molecule has 108 valence electrons. The van der Waals surface area contributed by atoms with Crippen LogP contribution < -0.4 is 4.90 Å². The van der Waals surface area contributed by atoms with Gasteiger partial charge in [0.15, 0.2) is 0 Å². The topological polar surface area (TPSA) is 73.7 Å². The van der Waals surface area contributed by atoms with Gasteiger partial charge in [0.05, 0.1) is 11.9 Å². The maximum Gasteiger partial charge on any atom is 0.324 e. The Bertz CT molecular complexity index is 478. The van der Waals surface area contributed by atoms with E-state index < -0.39 is 5.97 Å². The van der Waals surface area contributed by atoms with Crippen LogP contribution in [0.5, 0.6) is 0 Å². The van der Waals surface area contributed by atoms with Crippen molar-refractivity contribution in [3.63, 3.8) is 0 Å². The van der Waals surface area contributed by atoms with Crippen LogP contribution in [0.3, 0.4) is 0 Å². The highest BCUT2D eigenvalue weighted by Crippen LogP contribution is 2.21. The molecule has 1 aliphatic heterocycles. The van der Waals surface area contributed by atoms with E-state index >= 15 is 0 Å². The summed E-state index contributed by atoms with van der Waals surface area (Å²) in [5, 5.41) is 8.86. The Morgan fingerprint density at radius 1 is 1.55 bits per heavy atom. The standard InChI is InChI=1S/C14H19N3O3/c1-16(12-5-2-6-15-9-12)14(20)17-7-3-4-11(10-17)8-13(18)19/h2,5-6,9,11H,3-4,7-8,10H2,1H3,(H,18,19). The van der Waals surface area contributed by atoms with Gasteiger partial charge in [-0.1, -0.05) is 0 Å². The second kappa shape index (κ2) is 6.36. The van der Waals surface area contributed by atoms with Crippen LogP contribution >= 0.6 is 0 Å². The molecule has 1 atom stereocenters. The van der Waals surface area contributed by atoms with Gasteiger partial charge in [-0.15, -0.1) is 0 Å². The van der Waals surface area contributed by atoms with E-state index in [1.54, 1.807) is 35.3 Å². The molecule has 1 aliphatic rings. The summed E-state index contributed by atoms with van der Waals surface area (Å²) < 4.78 is 0. The van der Waals surface area contributed by atoms with Crippen LogP contribution in [0, 0.1) is 5.92 Å². The number of carbonyl (C=O) groups excluding carboxylic acids is 1. The molecule has 1 fully saturated rings. The van der Waals surface area contributed by atoms with E-state index in [0.717, 1.165) is 18.5 Å². The largest absolute Gasteiger partial charge is 0.481 e. The first-order valence-electron chi connectivity index (χ1n) is 6.72. The van der Waals surface area contributed by atoms with Crippen LogP contribution in [0.25, 0.3) is 0 Å². The number of likely N-dealkylation sites (tertiary alicyclic amines) is 1.